The van der Waals surface area contributed by atoms with Crippen molar-refractivity contribution in [3.05, 3.63) is 29.8 Å². The summed E-state index contributed by atoms with van der Waals surface area (Å²) in [5, 5.41) is 0. The van der Waals surface area contributed by atoms with E-state index >= 15 is 0 Å². The standard InChI is InChI=1S/C18H29N3O/c1-14(2)22-17-6-4-16(5-7-17)8-11-20-18(19)21-12-9-15(3)10-13-21/h4-7,14-15H,8-13H2,1-3H3,(H2,19,20). The second-order valence-electron chi connectivity index (χ2n) is 6.47. The molecule has 0 bridgehead atoms. The van der Waals surface area contributed by atoms with Gasteiger partial charge in [-0.2, -0.15) is 0 Å². The molecule has 4 heteroatoms. The van der Waals surface area contributed by atoms with Crippen LogP contribution in [-0.2, 0) is 6.42 Å². The third-order valence-corrected chi connectivity index (χ3v) is 4.08. The van der Waals surface area contributed by atoms with Crippen molar-refractivity contribution < 1.29 is 4.74 Å². The molecule has 1 aromatic carbocycles. The molecule has 1 fully saturated rings. The Morgan fingerprint density at radius 2 is 1.91 bits per heavy atom. The van der Waals surface area contributed by atoms with Crippen molar-refractivity contribution in [3.8, 4) is 5.75 Å². The lowest BCUT2D eigenvalue weighted by Crippen LogP contribution is -2.42. The van der Waals surface area contributed by atoms with Crippen molar-refractivity contribution in [2.45, 2.75) is 46.1 Å². The monoisotopic (exact) mass is 303 g/mol. The second-order valence-corrected chi connectivity index (χ2v) is 6.47. The lowest BCUT2D eigenvalue weighted by atomic mass is 10.00. The summed E-state index contributed by atoms with van der Waals surface area (Å²) in [5.74, 6) is 2.44. The molecule has 0 aliphatic carbocycles. The normalized spacial score (nSPS) is 17.1. The van der Waals surface area contributed by atoms with Crippen molar-refractivity contribution in [1.29, 1.82) is 0 Å². The Morgan fingerprint density at radius 3 is 2.50 bits per heavy atom. The number of benzene rings is 1. The minimum atomic E-state index is 0.211. The summed E-state index contributed by atoms with van der Waals surface area (Å²) in [6, 6.07) is 8.25. The molecule has 1 heterocycles. The minimum Gasteiger partial charge on any atom is -0.491 e. The first-order valence-corrected chi connectivity index (χ1v) is 8.35. The van der Waals surface area contributed by atoms with Crippen molar-refractivity contribution in [1.82, 2.24) is 4.90 Å². The quantitative estimate of drug-likeness (QED) is 0.672. The molecule has 0 radical (unpaired) electrons. The number of nitrogens with two attached hydrogens (primary N) is 1. The summed E-state index contributed by atoms with van der Waals surface area (Å²) in [7, 11) is 0. The molecular weight excluding hydrogens is 274 g/mol. The van der Waals surface area contributed by atoms with Crippen LogP contribution in [-0.4, -0.2) is 36.6 Å². The molecular formula is C18H29N3O. The summed E-state index contributed by atoms with van der Waals surface area (Å²) in [5.41, 5.74) is 7.36. The average Bonchev–Trinajstić information content (AvgIpc) is 2.49. The average molecular weight is 303 g/mol. The van der Waals surface area contributed by atoms with Gasteiger partial charge in [-0.25, -0.2) is 0 Å². The molecule has 4 nitrogen and oxygen atoms in total. The Balaban J connectivity index is 1.78. The van der Waals surface area contributed by atoms with Crippen LogP contribution in [0.3, 0.4) is 0 Å². The number of nitrogens with zero attached hydrogens (tertiary/aromatic N) is 2. The van der Waals surface area contributed by atoms with Gasteiger partial charge in [0.2, 0.25) is 0 Å². The van der Waals surface area contributed by atoms with Crippen LogP contribution < -0.4 is 10.5 Å². The summed E-state index contributed by atoms with van der Waals surface area (Å²) < 4.78 is 5.65. The fourth-order valence-electron chi connectivity index (χ4n) is 2.64. The van der Waals surface area contributed by atoms with Gasteiger partial charge in [0.1, 0.15) is 5.75 Å². The van der Waals surface area contributed by atoms with Gasteiger partial charge < -0.3 is 15.4 Å². The first-order valence-electron chi connectivity index (χ1n) is 8.35. The van der Waals surface area contributed by atoms with Crippen molar-refractivity contribution in [3.63, 3.8) is 0 Å². The van der Waals surface area contributed by atoms with Crippen LogP contribution in [0, 0.1) is 5.92 Å². The molecule has 122 valence electrons. The van der Waals surface area contributed by atoms with Crippen molar-refractivity contribution >= 4 is 5.96 Å². The van der Waals surface area contributed by atoms with Gasteiger partial charge in [-0.1, -0.05) is 19.1 Å². The predicted octanol–water partition coefficient (Wildman–Crippen LogP) is 3.06. The molecule has 1 aliphatic heterocycles. The Kier molecular flexibility index (Phi) is 6.10. The van der Waals surface area contributed by atoms with Crippen LogP contribution >= 0.6 is 0 Å². The lowest BCUT2D eigenvalue weighted by Gasteiger charge is -2.31. The van der Waals surface area contributed by atoms with E-state index in [1.807, 2.05) is 26.0 Å². The van der Waals surface area contributed by atoms with E-state index in [1.54, 1.807) is 0 Å². The van der Waals surface area contributed by atoms with E-state index in [0.717, 1.165) is 37.7 Å². The van der Waals surface area contributed by atoms with E-state index in [1.165, 1.54) is 18.4 Å². The van der Waals surface area contributed by atoms with Gasteiger partial charge in [-0.3, -0.25) is 4.99 Å². The van der Waals surface area contributed by atoms with Gasteiger partial charge in [0, 0.05) is 19.6 Å². The number of ether oxygens (including phenoxy) is 1. The maximum atomic E-state index is 6.09. The molecule has 2 rings (SSSR count). The Bertz CT molecular complexity index is 474. The highest BCUT2D eigenvalue weighted by molar-refractivity contribution is 5.78. The van der Waals surface area contributed by atoms with Gasteiger partial charge >= 0.3 is 0 Å². The largest absolute Gasteiger partial charge is 0.491 e. The fraction of sp³-hybridized carbons (Fsp3) is 0.611. The van der Waals surface area contributed by atoms with Gasteiger partial charge in [-0.05, 0) is 56.7 Å². The first kappa shape index (κ1) is 16.7. The van der Waals surface area contributed by atoms with E-state index < -0.39 is 0 Å². The Morgan fingerprint density at radius 1 is 1.27 bits per heavy atom. The zero-order chi connectivity index (χ0) is 15.9. The number of guanidine groups is 1. The minimum absolute atomic E-state index is 0.211. The highest BCUT2D eigenvalue weighted by atomic mass is 16.5. The van der Waals surface area contributed by atoms with Crippen LogP contribution in [0.4, 0.5) is 0 Å². The third-order valence-electron chi connectivity index (χ3n) is 4.08. The molecule has 0 aromatic heterocycles. The maximum Gasteiger partial charge on any atom is 0.191 e. The molecule has 2 N–H and O–H groups in total. The summed E-state index contributed by atoms with van der Waals surface area (Å²) in [4.78, 5) is 6.74. The van der Waals surface area contributed by atoms with Crippen LogP contribution in [0.1, 0.15) is 39.2 Å². The Labute approximate surface area is 134 Å². The van der Waals surface area contributed by atoms with Gasteiger partial charge in [0.15, 0.2) is 5.96 Å². The second kappa shape index (κ2) is 8.06. The summed E-state index contributed by atoms with van der Waals surface area (Å²) in [6.07, 6.45) is 3.55. The topological polar surface area (TPSA) is 50.8 Å². The van der Waals surface area contributed by atoms with E-state index in [9.17, 15) is 0 Å². The van der Waals surface area contributed by atoms with Gasteiger partial charge in [0.25, 0.3) is 0 Å². The third kappa shape index (κ3) is 5.24. The van der Waals surface area contributed by atoms with Gasteiger partial charge in [-0.15, -0.1) is 0 Å². The molecule has 1 aliphatic rings. The zero-order valence-electron chi connectivity index (χ0n) is 14.1. The number of likely N-dealkylation sites (tertiary alicyclic amines) is 1. The van der Waals surface area contributed by atoms with E-state index in [0.29, 0.717) is 5.96 Å². The number of hydrogen-bond donors (Lipinski definition) is 1. The molecule has 0 saturated carbocycles. The van der Waals surface area contributed by atoms with Crippen molar-refractivity contribution in [2.24, 2.45) is 16.6 Å². The number of piperidine rings is 1. The van der Waals surface area contributed by atoms with Gasteiger partial charge in [0.05, 0.1) is 6.10 Å². The molecule has 22 heavy (non-hydrogen) atoms. The number of rotatable bonds is 5. The van der Waals surface area contributed by atoms with E-state index in [2.05, 4.69) is 28.9 Å². The van der Waals surface area contributed by atoms with Crippen LogP contribution in [0.25, 0.3) is 0 Å². The molecule has 0 atom stereocenters. The highest BCUT2D eigenvalue weighted by Crippen LogP contribution is 2.16. The first-order chi connectivity index (χ1) is 10.5. The maximum absolute atomic E-state index is 6.09. The summed E-state index contributed by atoms with van der Waals surface area (Å²) >= 11 is 0. The van der Waals surface area contributed by atoms with E-state index in [4.69, 9.17) is 10.5 Å². The van der Waals surface area contributed by atoms with E-state index in [-0.39, 0.29) is 6.10 Å². The molecule has 1 saturated heterocycles. The van der Waals surface area contributed by atoms with Crippen LogP contribution in [0.2, 0.25) is 0 Å². The van der Waals surface area contributed by atoms with Crippen molar-refractivity contribution in [2.75, 3.05) is 19.6 Å². The molecule has 1 aromatic rings. The molecule has 0 unspecified atom stereocenters. The molecule has 0 amide bonds. The smallest absolute Gasteiger partial charge is 0.191 e. The number of hydrogen-bond acceptors (Lipinski definition) is 2. The predicted molar refractivity (Wildman–Crippen MR) is 92.4 cm³/mol. The highest BCUT2D eigenvalue weighted by Gasteiger charge is 2.16. The molecule has 0 spiro atoms. The fourth-order valence-corrected chi connectivity index (χ4v) is 2.64. The zero-order valence-corrected chi connectivity index (χ0v) is 14.1. The van der Waals surface area contributed by atoms with Crippen LogP contribution in [0.15, 0.2) is 29.3 Å². The Hall–Kier alpha value is -1.71. The summed E-state index contributed by atoms with van der Waals surface area (Å²) in [6.45, 7) is 9.19. The SMILES string of the molecule is CC1CCN(C(N)=NCCc2ccc(OC(C)C)cc2)CC1. The lowest BCUT2D eigenvalue weighted by molar-refractivity contribution is 0.242. The van der Waals surface area contributed by atoms with Crippen LogP contribution in [0.5, 0.6) is 5.75 Å². The number of aliphatic imine (C=N–C) groups is 1.